The number of rotatable bonds is 8. The summed E-state index contributed by atoms with van der Waals surface area (Å²) < 4.78 is 16.0. The highest BCUT2D eigenvalue weighted by Crippen LogP contribution is 2.35. The average molecular weight is 454 g/mol. The summed E-state index contributed by atoms with van der Waals surface area (Å²) >= 11 is 0.980. The van der Waals surface area contributed by atoms with Crippen LogP contribution >= 0.6 is 11.3 Å². The highest BCUT2D eigenvalue weighted by atomic mass is 32.1. The summed E-state index contributed by atoms with van der Waals surface area (Å²) in [5, 5.41) is 2.96. The van der Waals surface area contributed by atoms with Crippen LogP contribution in [0, 0.1) is 6.92 Å². The van der Waals surface area contributed by atoms with Crippen LogP contribution in [0.25, 0.3) is 0 Å². The van der Waals surface area contributed by atoms with Crippen LogP contribution in [-0.4, -0.2) is 31.1 Å². The molecule has 3 aromatic rings. The van der Waals surface area contributed by atoms with E-state index in [1.807, 2.05) is 30.3 Å². The molecule has 0 saturated heterocycles. The number of anilines is 1. The standard InChI is InChI=1S/C24H23NO6S/c1-4-29-23(27)19-15(3)20(24(28)30-5-2)32-22(19)25-21(26)16-10-9-13-18(14-16)31-17-11-7-6-8-12-17/h6-14H,4-5H2,1-3H3,(H,25,26). The molecule has 1 aromatic heterocycles. The molecule has 1 N–H and O–H groups in total. The number of amides is 1. The third-order valence-corrected chi connectivity index (χ3v) is 5.58. The summed E-state index contributed by atoms with van der Waals surface area (Å²) in [7, 11) is 0. The Labute approximate surface area is 189 Å². The van der Waals surface area contributed by atoms with E-state index in [1.54, 1.807) is 45.0 Å². The van der Waals surface area contributed by atoms with E-state index in [2.05, 4.69) is 5.32 Å². The van der Waals surface area contributed by atoms with Crippen molar-refractivity contribution < 1.29 is 28.6 Å². The van der Waals surface area contributed by atoms with Crippen LogP contribution in [0.2, 0.25) is 0 Å². The molecule has 0 saturated carbocycles. The lowest BCUT2D eigenvalue weighted by Gasteiger charge is -2.09. The van der Waals surface area contributed by atoms with Crippen molar-refractivity contribution in [3.8, 4) is 11.5 Å². The van der Waals surface area contributed by atoms with E-state index in [0.717, 1.165) is 11.3 Å². The number of para-hydroxylation sites is 1. The van der Waals surface area contributed by atoms with E-state index in [-0.39, 0.29) is 28.7 Å². The third kappa shape index (κ3) is 5.33. The number of ether oxygens (including phenoxy) is 3. The molecule has 1 amide bonds. The normalized spacial score (nSPS) is 10.3. The molecule has 166 valence electrons. The van der Waals surface area contributed by atoms with Crippen molar-refractivity contribution >= 4 is 34.2 Å². The third-order valence-electron chi connectivity index (χ3n) is 4.39. The van der Waals surface area contributed by atoms with Gasteiger partial charge in [-0.3, -0.25) is 4.79 Å². The van der Waals surface area contributed by atoms with Gasteiger partial charge in [0, 0.05) is 5.56 Å². The minimum atomic E-state index is -0.617. The summed E-state index contributed by atoms with van der Waals surface area (Å²) in [5.74, 6) is -0.495. The Hall–Kier alpha value is -3.65. The van der Waals surface area contributed by atoms with E-state index >= 15 is 0 Å². The minimum Gasteiger partial charge on any atom is -0.462 e. The van der Waals surface area contributed by atoms with Crippen LogP contribution in [0.4, 0.5) is 5.00 Å². The largest absolute Gasteiger partial charge is 0.462 e. The SMILES string of the molecule is CCOC(=O)c1sc(NC(=O)c2cccc(Oc3ccccc3)c2)c(C(=O)OCC)c1C. The molecule has 0 bridgehead atoms. The monoisotopic (exact) mass is 453 g/mol. The van der Waals surface area contributed by atoms with Gasteiger partial charge in [-0.25, -0.2) is 9.59 Å². The van der Waals surface area contributed by atoms with Crippen LogP contribution in [0.15, 0.2) is 54.6 Å². The number of esters is 2. The lowest BCUT2D eigenvalue weighted by Crippen LogP contribution is -2.15. The molecule has 0 unspecified atom stereocenters. The van der Waals surface area contributed by atoms with Crippen LogP contribution in [0.1, 0.15) is 49.8 Å². The van der Waals surface area contributed by atoms with Crippen molar-refractivity contribution in [3.05, 3.63) is 76.2 Å². The van der Waals surface area contributed by atoms with Gasteiger partial charge in [0.05, 0.1) is 18.8 Å². The van der Waals surface area contributed by atoms with Crippen LogP contribution in [0.3, 0.4) is 0 Å². The molecule has 0 aliphatic heterocycles. The van der Waals surface area contributed by atoms with Gasteiger partial charge in [-0.15, -0.1) is 11.3 Å². The Balaban J connectivity index is 1.88. The smallest absolute Gasteiger partial charge is 0.348 e. The molecule has 0 aliphatic carbocycles. The summed E-state index contributed by atoms with van der Waals surface area (Å²) in [5.41, 5.74) is 0.880. The molecular formula is C24H23NO6S. The van der Waals surface area contributed by atoms with Gasteiger partial charge in [0.25, 0.3) is 5.91 Å². The summed E-state index contributed by atoms with van der Waals surface area (Å²) in [6.45, 7) is 5.36. The van der Waals surface area contributed by atoms with Gasteiger partial charge in [-0.2, -0.15) is 0 Å². The van der Waals surface area contributed by atoms with E-state index in [9.17, 15) is 14.4 Å². The van der Waals surface area contributed by atoms with Crippen molar-refractivity contribution in [1.82, 2.24) is 0 Å². The molecule has 0 aliphatic rings. The first-order valence-electron chi connectivity index (χ1n) is 10.1. The highest BCUT2D eigenvalue weighted by molar-refractivity contribution is 7.18. The fourth-order valence-electron chi connectivity index (χ4n) is 2.94. The maximum absolute atomic E-state index is 12.9. The van der Waals surface area contributed by atoms with Crippen molar-refractivity contribution in [2.24, 2.45) is 0 Å². The number of benzene rings is 2. The van der Waals surface area contributed by atoms with Crippen molar-refractivity contribution in [1.29, 1.82) is 0 Å². The molecule has 3 rings (SSSR count). The van der Waals surface area contributed by atoms with Crippen molar-refractivity contribution in [2.75, 3.05) is 18.5 Å². The first kappa shape index (κ1) is 23.0. The van der Waals surface area contributed by atoms with Gasteiger partial charge in [-0.1, -0.05) is 24.3 Å². The fourth-order valence-corrected chi connectivity index (χ4v) is 4.03. The quantitative estimate of drug-likeness (QED) is 0.456. The predicted molar refractivity (Wildman–Crippen MR) is 122 cm³/mol. The second-order valence-electron chi connectivity index (χ2n) is 6.60. The average Bonchev–Trinajstić information content (AvgIpc) is 3.11. The topological polar surface area (TPSA) is 90.9 Å². The van der Waals surface area contributed by atoms with Crippen molar-refractivity contribution in [3.63, 3.8) is 0 Å². The minimum absolute atomic E-state index is 0.143. The Bertz CT molecular complexity index is 1120. The van der Waals surface area contributed by atoms with Crippen LogP contribution < -0.4 is 10.1 Å². The second-order valence-corrected chi connectivity index (χ2v) is 7.62. The van der Waals surface area contributed by atoms with Crippen LogP contribution in [-0.2, 0) is 9.47 Å². The number of hydrogen-bond acceptors (Lipinski definition) is 7. The van der Waals surface area contributed by atoms with E-state index in [0.29, 0.717) is 22.6 Å². The predicted octanol–water partition coefficient (Wildman–Crippen LogP) is 5.45. The van der Waals surface area contributed by atoms with Crippen molar-refractivity contribution in [2.45, 2.75) is 20.8 Å². The highest BCUT2D eigenvalue weighted by Gasteiger charge is 2.27. The van der Waals surface area contributed by atoms with Gasteiger partial charge in [0.2, 0.25) is 0 Å². The molecule has 0 spiro atoms. The summed E-state index contributed by atoms with van der Waals surface area (Å²) in [6, 6.07) is 15.9. The number of carbonyl (C=O) groups is 3. The second kappa shape index (κ2) is 10.6. The summed E-state index contributed by atoms with van der Waals surface area (Å²) in [6.07, 6.45) is 0. The lowest BCUT2D eigenvalue weighted by atomic mass is 10.1. The first-order valence-corrected chi connectivity index (χ1v) is 10.9. The zero-order chi connectivity index (χ0) is 23.1. The number of nitrogens with one attached hydrogen (secondary N) is 1. The zero-order valence-electron chi connectivity index (χ0n) is 18.0. The van der Waals surface area contributed by atoms with Gasteiger partial charge in [-0.05, 0) is 56.7 Å². The number of thiophene rings is 1. The summed E-state index contributed by atoms with van der Waals surface area (Å²) in [4.78, 5) is 38.0. The molecule has 7 nitrogen and oxygen atoms in total. The number of carbonyl (C=O) groups excluding carboxylic acids is 3. The molecule has 0 fully saturated rings. The van der Waals surface area contributed by atoms with E-state index in [1.165, 1.54) is 0 Å². The van der Waals surface area contributed by atoms with E-state index in [4.69, 9.17) is 14.2 Å². The van der Waals surface area contributed by atoms with Gasteiger partial charge >= 0.3 is 11.9 Å². The van der Waals surface area contributed by atoms with Crippen LogP contribution in [0.5, 0.6) is 11.5 Å². The van der Waals surface area contributed by atoms with E-state index < -0.39 is 17.8 Å². The fraction of sp³-hybridized carbons (Fsp3) is 0.208. The zero-order valence-corrected chi connectivity index (χ0v) is 18.8. The molecule has 1 heterocycles. The first-order chi connectivity index (χ1) is 15.4. The van der Waals surface area contributed by atoms with Gasteiger partial charge in [0.1, 0.15) is 21.4 Å². The maximum Gasteiger partial charge on any atom is 0.348 e. The Kier molecular flexibility index (Phi) is 7.62. The maximum atomic E-state index is 12.9. The molecular weight excluding hydrogens is 430 g/mol. The molecule has 2 aromatic carbocycles. The lowest BCUT2D eigenvalue weighted by molar-refractivity contribution is 0.0527. The number of hydrogen-bond donors (Lipinski definition) is 1. The Morgan fingerprint density at radius 1 is 0.875 bits per heavy atom. The molecule has 0 radical (unpaired) electrons. The Morgan fingerprint density at radius 3 is 2.22 bits per heavy atom. The molecule has 8 heteroatoms. The molecule has 0 atom stereocenters. The van der Waals surface area contributed by atoms with Gasteiger partial charge in [0.15, 0.2) is 0 Å². The molecule has 32 heavy (non-hydrogen) atoms. The Morgan fingerprint density at radius 2 is 1.53 bits per heavy atom. The van der Waals surface area contributed by atoms with Gasteiger partial charge < -0.3 is 19.5 Å².